The lowest BCUT2D eigenvalue weighted by atomic mass is 9.75. The zero-order valence-electron chi connectivity index (χ0n) is 12.6. The fourth-order valence-corrected chi connectivity index (χ4v) is 4.39. The van der Waals surface area contributed by atoms with Gasteiger partial charge in [-0.1, -0.05) is 17.8 Å². The third kappa shape index (κ3) is 2.50. The first-order valence-electron chi connectivity index (χ1n) is 7.53. The number of thioether (sulfide) groups is 1. The summed E-state index contributed by atoms with van der Waals surface area (Å²) < 4.78 is 39.0. The Morgan fingerprint density at radius 1 is 1.33 bits per heavy atom. The van der Waals surface area contributed by atoms with Crippen LogP contribution in [0.25, 0.3) is 0 Å². The molecular formula is C16H15F2N3O2S. The lowest BCUT2D eigenvalue weighted by molar-refractivity contribution is -0.0697. The van der Waals surface area contributed by atoms with Crippen LogP contribution >= 0.6 is 11.8 Å². The molecule has 1 unspecified atom stereocenters. The lowest BCUT2D eigenvalue weighted by Gasteiger charge is -2.45. The minimum absolute atomic E-state index is 0.0274. The summed E-state index contributed by atoms with van der Waals surface area (Å²) in [6.07, 6.45) is 3.32. The number of amidine groups is 1. The zero-order valence-corrected chi connectivity index (χ0v) is 13.4. The van der Waals surface area contributed by atoms with Crippen molar-refractivity contribution in [1.29, 1.82) is 0 Å². The van der Waals surface area contributed by atoms with Crippen LogP contribution < -0.4 is 5.73 Å². The van der Waals surface area contributed by atoms with Crippen LogP contribution in [0.3, 0.4) is 0 Å². The lowest BCUT2D eigenvalue weighted by Crippen LogP contribution is -2.48. The van der Waals surface area contributed by atoms with Crippen LogP contribution in [0.4, 0.5) is 8.78 Å². The van der Waals surface area contributed by atoms with Gasteiger partial charge >= 0.3 is 0 Å². The van der Waals surface area contributed by atoms with Crippen LogP contribution in [0.5, 0.6) is 0 Å². The van der Waals surface area contributed by atoms with Crippen molar-refractivity contribution >= 4 is 16.9 Å². The SMILES string of the molecule is NC1=NC2(c3ccc(F)cc3F)CO[C@@H](c3ncco3)C[C@H]2CS1. The second-order valence-corrected chi connectivity index (χ2v) is 6.95. The van der Waals surface area contributed by atoms with Crippen LogP contribution in [0.2, 0.25) is 0 Å². The number of halogens is 2. The second-order valence-electron chi connectivity index (χ2n) is 5.91. The molecule has 2 aliphatic rings. The van der Waals surface area contributed by atoms with E-state index in [1.165, 1.54) is 30.2 Å². The number of nitrogens with zero attached hydrogens (tertiary/aromatic N) is 2. The van der Waals surface area contributed by atoms with Gasteiger partial charge in [0.15, 0.2) is 5.17 Å². The van der Waals surface area contributed by atoms with E-state index in [0.29, 0.717) is 28.8 Å². The maximum atomic E-state index is 14.5. The van der Waals surface area contributed by atoms with Crippen molar-refractivity contribution in [2.45, 2.75) is 18.1 Å². The first-order chi connectivity index (χ1) is 11.6. The van der Waals surface area contributed by atoms with E-state index in [9.17, 15) is 8.78 Å². The number of nitrogens with two attached hydrogens (primary N) is 1. The Bertz CT molecular complexity index is 784. The molecule has 1 saturated heterocycles. The van der Waals surface area contributed by atoms with Crippen LogP contribution in [0.15, 0.2) is 40.1 Å². The number of oxazole rings is 1. The topological polar surface area (TPSA) is 73.6 Å². The number of aromatic nitrogens is 1. The Morgan fingerprint density at radius 3 is 2.96 bits per heavy atom. The molecule has 0 spiro atoms. The molecule has 126 valence electrons. The van der Waals surface area contributed by atoms with E-state index in [-0.39, 0.29) is 18.6 Å². The van der Waals surface area contributed by atoms with Crippen LogP contribution in [0, 0.1) is 17.6 Å². The maximum Gasteiger partial charge on any atom is 0.223 e. The van der Waals surface area contributed by atoms with Gasteiger partial charge in [-0.3, -0.25) is 0 Å². The number of rotatable bonds is 2. The predicted octanol–water partition coefficient (Wildman–Crippen LogP) is 2.99. The van der Waals surface area contributed by atoms with Crippen molar-refractivity contribution in [2.75, 3.05) is 12.4 Å². The quantitative estimate of drug-likeness (QED) is 0.900. The van der Waals surface area contributed by atoms with E-state index in [1.54, 1.807) is 6.20 Å². The molecule has 1 aromatic heterocycles. The van der Waals surface area contributed by atoms with Crippen molar-refractivity contribution in [3.05, 3.63) is 53.7 Å². The van der Waals surface area contributed by atoms with Crippen LogP contribution in [0.1, 0.15) is 24.0 Å². The summed E-state index contributed by atoms with van der Waals surface area (Å²) in [5.74, 6) is -0.120. The number of hydrogen-bond donors (Lipinski definition) is 1. The molecule has 8 heteroatoms. The summed E-state index contributed by atoms with van der Waals surface area (Å²) in [7, 11) is 0. The van der Waals surface area contributed by atoms with Gasteiger partial charge < -0.3 is 14.9 Å². The van der Waals surface area contributed by atoms with Crippen molar-refractivity contribution in [1.82, 2.24) is 4.98 Å². The molecule has 3 heterocycles. The van der Waals surface area contributed by atoms with E-state index in [4.69, 9.17) is 14.9 Å². The molecule has 0 aliphatic carbocycles. The molecule has 0 radical (unpaired) electrons. The van der Waals surface area contributed by atoms with Gasteiger partial charge in [-0.25, -0.2) is 18.8 Å². The first kappa shape index (κ1) is 15.6. The Hall–Kier alpha value is -1.93. The molecule has 2 N–H and O–H groups in total. The molecule has 2 aromatic rings. The largest absolute Gasteiger partial charge is 0.446 e. The van der Waals surface area contributed by atoms with E-state index < -0.39 is 17.2 Å². The average molecular weight is 351 g/mol. The standard InChI is InChI=1S/C16H15F2N3O2S/c17-10-1-2-11(12(18)6-10)16-8-23-13(14-20-3-4-22-14)5-9(16)7-24-15(19)21-16/h1-4,6,9,13H,5,7-8H2,(H2,19,21)/t9-,13+,16?/m0/s1. The van der Waals surface area contributed by atoms with Gasteiger partial charge in [0.05, 0.1) is 12.8 Å². The number of aliphatic imine (C=N–C) groups is 1. The van der Waals surface area contributed by atoms with Crippen LogP contribution in [-0.2, 0) is 10.3 Å². The molecule has 1 aromatic carbocycles. The molecule has 2 aliphatic heterocycles. The summed E-state index contributed by atoms with van der Waals surface area (Å²) in [5.41, 5.74) is 5.26. The fraction of sp³-hybridized carbons (Fsp3) is 0.375. The third-order valence-electron chi connectivity index (χ3n) is 4.55. The van der Waals surface area contributed by atoms with Crippen molar-refractivity contribution in [3.8, 4) is 0 Å². The summed E-state index contributed by atoms with van der Waals surface area (Å²) in [5, 5.41) is 0.383. The summed E-state index contributed by atoms with van der Waals surface area (Å²) in [4.78, 5) is 8.67. The van der Waals surface area contributed by atoms with Gasteiger partial charge in [0.2, 0.25) is 5.89 Å². The monoisotopic (exact) mass is 351 g/mol. The maximum absolute atomic E-state index is 14.5. The molecule has 0 amide bonds. The van der Waals surface area contributed by atoms with Gasteiger partial charge in [-0.05, 0) is 12.5 Å². The Balaban J connectivity index is 1.74. The summed E-state index contributed by atoms with van der Waals surface area (Å²) >= 11 is 1.43. The zero-order chi connectivity index (χ0) is 16.7. The van der Waals surface area contributed by atoms with Crippen molar-refractivity contribution < 1.29 is 17.9 Å². The Labute approximate surface area is 141 Å². The van der Waals surface area contributed by atoms with E-state index in [1.807, 2.05) is 0 Å². The molecule has 24 heavy (non-hydrogen) atoms. The molecule has 5 nitrogen and oxygen atoms in total. The van der Waals surface area contributed by atoms with Crippen molar-refractivity contribution in [2.24, 2.45) is 16.6 Å². The number of fused-ring (bicyclic) bond motifs is 1. The van der Waals surface area contributed by atoms with Crippen LogP contribution in [-0.4, -0.2) is 22.5 Å². The van der Waals surface area contributed by atoms with E-state index >= 15 is 0 Å². The molecule has 3 atom stereocenters. The van der Waals surface area contributed by atoms with Gasteiger partial charge in [-0.15, -0.1) is 0 Å². The number of hydrogen-bond acceptors (Lipinski definition) is 6. The smallest absolute Gasteiger partial charge is 0.223 e. The molecule has 0 bridgehead atoms. The van der Waals surface area contributed by atoms with Gasteiger partial charge in [-0.2, -0.15) is 0 Å². The highest BCUT2D eigenvalue weighted by Gasteiger charge is 2.50. The molecular weight excluding hydrogens is 336 g/mol. The fourth-order valence-electron chi connectivity index (χ4n) is 3.38. The predicted molar refractivity (Wildman–Crippen MR) is 85.4 cm³/mol. The number of ether oxygens (including phenoxy) is 1. The van der Waals surface area contributed by atoms with E-state index in [2.05, 4.69) is 9.98 Å². The van der Waals surface area contributed by atoms with Gasteiger partial charge in [0.25, 0.3) is 0 Å². The minimum Gasteiger partial charge on any atom is -0.446 e. The molecule has 0 saturated carbocycles. The first-order valence-corrected chi connectivity index (χ1v) is 8.52. The highest BCUT2D eigenvalue weighted by molar-refractivity contribution is 8.13. The second kappa shape index (κ2) is 5.86. The van der Waals surface area contributed by atoms with Gasteiger partial charge in [0, 0.05) is 23.3 Å². The molecule has 4 rings (SSSR count). The summed E-state index contributed by atoms with van der Waals surface area (Å²) in [6.45, 7) is 0.133. The Morgan fingerprint density at radius 2 is 2.21 bits per heavy atom. The third-order valence-corrected chi connectivity index (χ3v) is 5.50. The minimum atomic E-state index is -0.948. The highest BCUT2D eigenvalue weighted by Crippen LogP contribution is 2.49. The normalized spacial score (nSPS) is 29.8. The Kier molecular flexibility index (Phi) is 3.80. The summed E-state index contributed by atoms with van der Waals surface area (Å²) in [6, 6.07) is 3.53. The van der Waals surface area contributed by atoms with E-state index in [0.717, 1.165) is 6.07 Å². The number of benzene rings is 1. The van der Waals surface area contributed by atoms with Crippen molar-refractivity contribution in [3.63, 3.8) is 0 Å². The molecule has 1 fully saturated rings. The highest BCUT2D eigenvalue weighted by atomic mass is 32.2. The average Bonchev–Trinajstić information content (AvgIpc) is 3.08. The van der Waals surface area contributed by atoms with Gasteiger partial charge in [0.1, 0.15) is 29.5 Å².